The lowest BCUT2D eigenvalue weighted by Crippen LogP contribution is -2.32. The monoisotopic (exact) mass is 275 g/mol. The van der Waals surface area contributed by atoms with Gasteiger partial charge in [0.1, 0.15) is 5.39 Å². The van der Waals surface area contributed by atoms with Crippen LogP contribution >= 0.6 is 0 Å². The van der Waals surface area contributed by atoms with Crippen LogP contribution in [0.1, 0.15) is 20.8 Å². The zero-order valence-electron chi connectivity index (χ0n) is 11.9. The summed E-state index contributed by atoms with van der Waals surface area (Å²) in [5, 5.41) is 6.95. The van der Waals surface area contributed by atoms with Gasteiger partial charge in [0.05, 0.1) is 11.6 Å². The van der Waals surface area contributed by atoms with E-state index in [0.717, 1.165) is 5.57 Å². The van der Waals surface area contributed by atoms with Crippen molar-refractivity contribution in [1.82, 2.24) is 19.7 Å². The highest BCUT2D eigenvalue weighted by Gasteiger charge is 2.29. The topological polar surface area (TPSA) is 92.7 Å². The number of carbonyl (C=O) groups excluding carboxylic acids is 1. The molecule has 0 unspecified atom stereocenters. The summed E-state index contributed by atoms with van der Waals surface area (Å²) < 4.78 is 1.48. The molecule has 0 aliphatic rings. The second-order valence-corrected chi connectivity index (χ2v) is 5.28. The summed E-state index contributed by atoms with van der Waals surface area (Å²) in [7, 11) is 1.68. The summed E-state index contributed by atoms with van der Waals surface area (Å²) in [4.78, 5) is 30.8. The van der Waals surface area contributed by atoms with Crippen LogP contribution in [-0.4, -0.2) is 25.7 Å². The maximum Gasteiger partial charge on any atom is 0.263 e. The van der Waals surface area contributed by atoms with Gasteiger partial charge >= 0.3 is 0 Å². The van der Waals surface area contributed by atoms with Crippen molar-refractivity contribution in [2.45, 2.75) is 20.8 Å². The van der Waals surface area contributed by atoms with Crippen LogP contribution in [-0.2, 0) is 11.8 Å². The molecule has 20 heavy (non-hydrogen) atoms. The van der Waals surface area contributed by atoms with Crippen molar-refractivity contribution >= 4 is 22.9 Å². The number of rotatable bonds is 3. The second-order valence-electron chi connectivity index (χ2n) is 5.28. The van der Waals surface area contributed by atoms with Crippen LogP contribution < -0.4 is 10.9 Å². The van der Waals surface area contributed by atoms with E-state index in [1.165, 1.54) is 10.9 Å². The molecule has 0 saturated heterocycles. The van der Waals surface area contributed by atoms with E-state index >= 15 is 0 Å². The van der Waals surface area contributed by atoms with Gasteiger partial charge in [0.2, 0.25) is 11.9 Å². The van der Waals surface area contributed by atoms with Crippen molar-refractivity contribution in [3.63, 3.8) is 0 Å². The fourth-order valence-corrected chi connectivity index (χ4v) is 1.55. The van der Waals surface area contributed by atoms with Gasteiger partial charge in [-0.3, -0.25) is 24.6 Å². The first-order chi connectivity index (χ1) is 9.23. The average Bonchev–Trinajstić information content (AvgIpc) is 2.71. The van der Waals surface area contributed by atoms with E-state index in [4.69, 9.17) is 0 Å². The van der Waals surface area contributed by atoms with Crippen LogP contribution in [0.4, 0.5) is 5.95 Å². The predicted molar refractivity (Wildman–Crippen MR) is 76.4 cm³/mol. The van der Waals surface area contributed by atoms with Gasteiger partial charge in [-0.2, -0.15) is 10.1 Å². The molecule has 0 fully saturated rings. The Kier molecular flexibility index (Phi) is 3.21. The fourth-order valence-electron chi connectivity index (χ4n) is 1.55. The Balaban J connectivity index is 2.40. The molecule has 0 aliphatic carbocycles. The van der Waals surface area contributed by atoms with Gasteiger partial charge in [0.15, 0.2) is 5.65 Å². The number of hydrogen-bond acceptors (Lipinski definition) is 4. The third-order valence-electron chi connectivity index (χ3n) is 3.47. The zero-order valence-corrected chi connectivity index (χ0v) is 11.9. The third kappa shape index (κ3) is 2.22. The highest BCUT2D eigenvalue weighted by molar-refractivity contribution is 5.95. The van der Waals surface area contributed by atoms with E-state index in [0.29, 0.717) is 11.0 Å². The number of aryl methyl sites for hydroxylation is 1. The lowest BCUT2D eigenvalue weighted by Gasteiger charge is -2.23. The predicted octanol–water partition coefficient (Wildman–Crippen LogP) is 1.20. The highest BCUT2D eigenvalue weighted by atomic mass is 16.2. The Bertz CT molecular complexity index is 754. The molecule has 0 atom stereocenters. The number of anilines is 1. The van der Waals surface area contributed by atoms with Crippen molar-refractivity contribution in [1.29, 1.82) is 0 Å². The molecule has 2 aromatic heterocycles. The summed E-state index contributed by atoms with van der Waals surface area (Å²) >= 11 is 0. The SMILES string of the molecule is C=C(C)C(C)(C)C(=O)Nc1nc2c(cnn2C)c(=O)[nH]1. The molecule has 2 rings (SSSR count). The molecule has 0 radical (unpaired) electrons. The lowest BCUT2D eigenvalue weighted by atomic mass is 9.85. The molecule has 1 amide bonds. The number of carbonyl (C=O) groups is 1. The van der Waals surface area contributed by atoms with Gasteiger partial charge in [-0.15, -0.1) is 0 Å². The molecule has 2 heterocycles. The van der Waals surface area contributed by atoms with E-state index in [9.17, 15) is 9.59 Å². The van der Waals surface area contributed by atoms with Gasteiger partial charge in [0.25, 0.3) is 5.56 Å². The van der Waals surface area contributed by atoms with E-state index in [1.54, 1.807) is 27.8 Å². The van der Waals surface area contributed by atoms with Crippen molar-refractivity contribution in [2.24, 2.45) is 12.5 Å². The normalized spacial score (nSPS) is 11.6. The largest absolute Gasteiger partial charge is 0.295 e. The van der Waals surface area contributed by atoms with E-state index < -0.39 is 5.41 Å². The Hall–Kier alpha value is -2.44. The smallest absolute Gasteiger partial charge is 0.263 e. The Labute approximate surface area is 115 Å². The van der Waals surface area contributed by atoms with E-state index in [1.807, 2.05) is 0 Å². The molecule has 0 spiro atoms. The van der Waals surface area contributed by atoms with E-state index in [2.05, 4.69) is 27.0 Å². The van der Waals surface area contributed by atoms with Crippen LogP contribution in [0, 0.1) is 5.41 Å². The first-order valence-corrected chi connectivity index (χ1v) is 6.13. The molecule has 0 saturated carbocycles. The van der Waals surface area contributed by atoms with Gasteiger partial charge < -0.3 is 0 Å². The average molecular weight is 275 g/mol. The maximum absolute atomic E-state index is 12.2. The summed E-state index contributed by atoms with van der Waals surface area (Å²) in [5.41, 5.74) is 0.0441. The minimum absolute atomic E-state index is 0.102. The number of H-pyrrole nitrogens is 1. The van der Waals surface area contributed by atoms with Gasteiger partial charge in [0, 0.05) is 7.05 Å². The summed E-state index contributed by atoms with van der Waals surface area (Å²) in [6.07, 6.45) is 1.44. The van der Waals surface area contributed by atoms with Crippen molar-refractivity contribution in [3.05, 3.63) is 28.7 Å². The first-order valence-electron chi connectivity index (χ1n) is 6.13. The standard InChI is InChI=1S/C13H17N5O2/c1-7(2)13(3,4)11(20)17-12-15-9-8(10(19)16-12)6-14-18(9)5/h6H,1H2,2-5H3,(H2,15,16,17,19,20). The molecule has 2 aromatic rings. The molecule has 0 aromatic carbocycles. The molecule has 0 bridgehead atoms. The molecule has 2 N–H and O–H groups in total. The molecule has 106 valence electrons. The number of hydrogen-bond donors (Lipinski definition) is 2. The highest BCUT2D eigenvalue weighted by Crippen LogP contribution is 2.25. The Morgan fingerprint density at radius 3 is 2.75 bits per heavy atom. The van der Waals surface area contributed by atoms with Crippen molar-refractivity contribution < 1.29 is 4.79 Å². The van der Waals surface area contributed by atoms with Crippen LogP contribution in [0.2, 0.25) is 0 Å². The fraction of sp³-hybridized carbons (Fsp3) is 0.385. The first kappa shape index (κ1) is 14.0. The lowest BCUT2D eigenvalue weighted by molar-refractivity contribution is -0.122. The Morgan fingerprint density at radius 1 is 1.50 bits per heavy atom. The van der Waals surface area contributed by atoms with E-state index in [-0.39, 0.29) is 17.4 Å². The summed E-state index contributed by atoms with van der Waals surface area (Å²) in [6, 6.07) is 0. The maximum atomic E-state index is 12.2. The van der Waals surface area contributed by atoms with Crippen molar-refractivity contribution in [2.75, 3.05) is 5.32 Å². The van der Waals surface area contributed by atoms with Crippen LogP contribution in [0.5, 0.6) is 0 Å². The molecule has 0 aliphatic heterocycles. The molecular weight excluding hydrogens is 258 g/mol. The minimum atomic E-state index is -0.750. The number of nitrogens with zero attached hydrogens (tertiary/aromatic N) is 3. The number of aromatic nitrogens is 4. The van der Waals surface area contributed by atoms with Crippen LogP contribution in [0.3, 0.4) is 0 Å². The minimum Gasteiger partial charge on any atom is -0.295 e. The number of amides is 1. The quantitative estimate of drug-likeness (QED) is 0.823. The van der Waals surface area contributed by atoms with Crippen LogP contribution in [0.15, 0.2) is 23.1 Å². The number of nitrogens with one attached hydrogen (secondary N) is 2. The molecule has 7 nitrogen and oxygen atoms in total. The van der Waals surface area contributed by atoms with Gasteiger partial charge in [-0.05, 0) is 20.8 Å². The summed E-state index contributed by atoms with van der Waals surface area (Å²) in [5.74, 6) is -0.180. The van der Waals surface area contributed by atoms with Gasteiger partial charge in [-0.1, -0.05) is 12.2 Å². The second kappa shape index (κ2) is 4.59. The van der Waals surface area contributed by atoms with Crippen LogP contribution in [0.25, 0.3) is 11.0 Å². The van der Waals surface area contributed by atoms with Crippen molar-refractivity contribution in [3.8, 4) is 0 Å². The molecule has 7 heteroatoms. The number of aromatic amines is 1. The summed E-state index contributed by atoms with van der Waals surface area (Å²) in [6.45, 7) is 9.08. The number of fused-ring (bicyclic) bond motifs is 1. The molecular formula is C13H17N5O2. The Morgan fingerprint density at radius 2 is 2.15 bits per heavy atom. The van der Waals surface area contributed by atoms with Gasteiger partial charge in [-0.25, -0.2) is 0 Å². The zero-order chi connectivity index (χ0) is 15.1. The third-order valence-corrected chi connectivity index (χ3v) is 3.47.